The highest BCUT2D eigenvalue weighted by atomic mass is 16.5. The molecular weight excluding hydrogens is 330 g/mol. The number of nitrogens with one attached hydrogen (secondary N) is 2. The summed E-state index contributed by atoms with van der Waals surface area (Å²) in [5.74, 6) is -3.90. The predicted molar refractivity (Wildman–Crippen MR) is 86.2 cm³/mol. The number of carboxylic acid groups (broad SMARTS) is 2. The van der Waals surface area contributed by atoms with E-state index in [0.717, 1.165) is 0 Å². The van der Waals surface area contributed by atoms with Gasteiger partial charge >= 0.3 is 18.0 Å². The lowest BCUT2D eigenvalue weighted by atomic mass is 9.90. The highest BCUT2D eigenvalue weighted by Gasteiger charge is 2.74. The van der Waals surface area contributed by atoms with Crippen LogP contribution in [-0.2, 0) is 9.59 Å². The van der Waals surface area contributed by atoms with Crippen molar-refractivity contribution in [2.75, 3.05) is 12.4 Å². The summed E-state index contributed by atoms with van der Waals surface area (Å²) < 4.78 is 5.14. The van der Waals surface area contributed by atoms with Crippen LogP contribution >= 0.6 is 0 Å². The molecule has 2 saturated carbocycles. The van der Waals surface area contributed by atoms with Gasteiger partial charge in [0.05, 0.1) is 18.7 Å². The molecular formula is C16H19N3O6. The van der Waals surface area contributed by atoms with Crippen LogP contribution in [0.4, 0.5) is 10.5 Å². The summed E-state index contributed by atoms with van der Waals surface area (Å²) in [5, 5.41) is 23.9. The fourth-order valence-electron chi connectivity index (χ4n) is 3.91. The summed E-state index contributed by atoms with van der Waals surface area (Å²) in [6, 6.07) is 5.61. The molecule has 0 heterocycles. The maximum absolute atomic E-state index is 12.2. The first-order valence-corrected chi connectivity index (χ1v) is 7.75. The molecule has 9 nitrogen and oxygen atoms in total. The van der Waals surface area contributed by atoms with Crippen LogP contribution in [0.5, 0.6) is 5.75 Å². The number of hydrogen-bond acceptors (Lipinski definition) is 5. The number of urea groups is 1. The summed E-state index contributed by atoms with van der Waals surface area (Å²) in [4.78, 5) is 35.0. The van der Waals surface area contributed by atoms with Gasteiger partial charge in [-0.2, -0.15) is 0 Å². The zero-order valence-corrected chi connectivity index (χ0v) is 13.4. The largest absolute Gasteiger partial charge is 0.495 e. The molecule has 9 heteroatoms. The van der Waals surface area contributed by atoms with Crippen LogP contribution in [0.2, 0.25) is 0 Å². The van der Waals surface area contributed by atoms with Crippen molar-refractivity contribution in [3.05, 3.63) is 24.3 Å². The molecule has 1 aromatic rings. The van der Waals surface area contributed by atoms with E-state index < -0.39 is 47.3 Å². The fraction of sp³-hybridized carbons (Fsp3) is 0.438. The van der Waals surface area contributed by atoms with Crippen molar-refractivity contribution in [1.82, 2.24) is 5.32 Å². The molecule has 2 amide bonds. The number of hydrogen-bond donors (Lipinski definition) is 5. The van der Waals surface area contributed by atoms with Crippen molar-refractivity contribution in [1.29, 1.82) is 0 Å². The van der Waals surface area contributed by atoms with Gasteiger partial charge in [0.25, 0.3) is 0 Å². The molecule has 25 heavy (non-hydrogen) atoms. The molecule has 2 fully saturated rings. The Balaban J connectivity index is 1.71. The lowest BCUT2D eigenvalue weighted by Crippen LogP contribution is -2.52. The fourth-order valence-corrected chi connectivity index (χ4v) is 3.91. The molecule has 2 aliphatic carbocycles. The van der Waals surface area contributed by atoms with Crippen LogP contribution in [0.15, 0.2) is 24.3 Å². The molecule has 0 saturated heterocycles. The van der Waals surface area contributed by atoms with E-state index in [4.69, 9.17) is 10.5 Å². The van der Waals surface area contributed by atoms with Crippen LogP contribution < -0.4 is 21.1 Å². The second-order valence-electron chi connectivity index (χ2n) is 6.42. The third-order valence-corrected chi connectivity index (χ3v) is 5.05. The number of carbonyl (C=O) groups excluding carboxylic acids is 1. The first-order chi connectivity index (χ1) is 11.8. The Morgan fingerprint density at radius 2 is 1.96 bits per heavy atom. The van der Waals surface area contributed by atoms with Gasteiger partial charge in [0.15, 0.2) is 0 Å². The lowest BCUT2D eigenvalue weighted by Gasteiger charge is -2.25. The number of anilines is 1. The molecule has 0 spiro atoms. The molecule has 0 aromatic heterocycles. The quantitative estimate of drug-likeness (QED) is 0.513. The minimum atomic E-state index is -1.64. The standard InChI is InChI=1S/C16H19N3O6/c1-25-9-5-3-2-4-7(9)18-15(24)19-8-6-16(17,14(22)23)12-10(8)11(12)13(20)21/h2-5,8,10-12H,6,17H2,1H3,(H,20,21)(H,22,23)(H2,18,19,24)/t8-,10-,11-,12+,16-/m1/s1. The zero-order valence-electron chi connectivity index (χ0n) is 13.4. The number of carbonyl (C=O) groups is 3. The normalized spacial score (nSPS) is 32.4. The highest BCUT2D eigenvalue weighted by Crippen LogP contribution is 2.61. The number of carboxylic acids is 2. The second kappa shape index (κ2) is 5.92. The van der Waals surface area contributed by atoms with Gasteiger partial charge in [0.2, 0.25) is 0 Å². The number of benzene rings is 1. The van der Waals surface area contributed by atoms with E-state index >= 15 is 0 Å². The molecule has 134 valence electrons. The number of rotatable bonds is 5. The van der Waals surface area contributed by atoms with Crippen molar-refractivity contribution < 1.29 is 29.3 Å². The highest BCUT2D eigenvalue weighted by molar-refractivity contribution is 5.92. The average molecular weight is 349 g/mol. The number of ether oxygens (including phenoxy) is 1. The SMILES string of the molecule is COc1ccccc1NC(=O)N[C@@H]1C[C@](N)(C(=O)O)[C@@H]2[C@H](C(=O)O)[C@H]21. The number of fused-ring (bicyclic) bond motifs is 1. The van der Waals surface area contributed by atoms with Crippen LogP contribution in [0.1, 0.15) is 6.42 Å². The van der Waals surface area contributed by atoms with Crippen molar-refractivity contribution in [3.8, 4) is 5.75 Å². The van der Waals surface area contributed by atoms with Crippen LogP contribution in [0, 0.1) is 17.8 Å². The van der Waals surface area contributed by atoms with Gasteiger partial charge in [-0.05, 0) is 24.5 Å². The van der Waals surface area contributed by atoms with Gasteiger partial charge in [-0.15, -0.1) is 0 Å². The Morgan fingerprint density at radius 1 is 1.28 bits per heavy atom. The van der Waals surface area contributed by atoms with Gasteiger partial charge < -0.3 is 31.3 Å². The maximum atomic E-state index is 12.2. The van der Waals surface area contributed by atoms with Gasteiger partial charge in [-0.1, -0.05) is 12.1 Å². The van der Waals surface area contributed by atoms with Crippen LogP contribution in [0.25, 0.3) is 0 Å². The number of methoxy groups -OCH3 is 1. The van der Waals surface area contributed by atoms with E-state index in [-0.39, 0.29) is 6.42 Å². The van der Waals surface area contributed by atoms with Gasteiger partial charge in [-0.25, -0.2) is 4.79 Å². The summed E-state index contributed by atoms with van der Waals surface area (Å²) in [6.07, 6.45) is -0.0131. The van der Waals surface area contributed by atoms with Crippen LogP contribution in [0.3, 0.4) is 0 Å². The van der Waals surface area contributed by atoms with E-state index in [2.05, 4.69) is 10.6 Å². The molecule has 0 unspecified atom stereocenters. The van der Waals surface area contributed by atoms with Crippen molar-refractivity contribution in [2.24, 2.45) is 23.5 Å². The molecule has 6 N–H and O–H groups in total. The van der Waals surface area contributed by atoms with E-state index in [1.807, 2.05) is 0 Å². The monoisotopic (exact) mass is 349 g/mol. The van der Waals surface area contributed by atoms with Gasteiger partial charge in [0.1, 0.15) is 11.3 Å². The minimum absolute atomic E-state index is 0.0131. The first kappa shape index (κ1) is 17.0. The number of nitrogens with two attached hydrogens (primary N) is 1. The molecule has 2 aliphatic rings. The molecule has 0 aliphatic heterocycles. The Bertz CT molecular complexity index is 738. The minimum Gasteiger partial charge on any atom is -0.495 e. The Hall–Kier alpha value is -2.81. The number of aliphatic carboxylic acids is 2. The lowest BCUT2D eigenvalue weighted by molar-refractivity contribution is -0.145. The Morgan fingerprint density at radius 3 is 2.56 bits per heavy atom. The summed E-state index contributed by atoms with van der Waals surface area (Å²) in [6.45, 7) is 0. The van der Waals surface area contributed by atoms with Crippen LogP contribution in [-0.4, -0.2) is 46.9 Å². The Labute approximate surface area is 143 Å². The third-order valence-electron chi connectivity index (χ3n) is 5.05. The van der Waals surface area contributed by atoms with E-state index in [0.29, 0.717) is 11.4 Å². The zero-order chi connectivity index (χ0) is 18.4. The van der Waals surface area contributed by atoms with Gasteiger partial charge in [0, 0.05) is 12.0 Å². The number of para-hydroxylation sites is 2. The topological polar surface area (TPSA) is 151 Å². The van der Waals surface area contributed by atoms with Crippen molar-refractivity contribution in [3.63, 3.8) is 0 Å². The van der Waals surface area contributed by atoms with Crippen molar-refractivity contribution >= 4 is 23.7 Å². The number of amides is 2. The van der Waals surface area contributed by atoms with E-state index in [1.54, 1.807) is 24.3 Å². The van der Waals surface area contributed by atoms with E-state index in [1.165, 1.54) is 7.11 Å². The summed E-state index contributed by atoms with van der Waals surface area (Å²) >= 11 is 0. The molecule has 0 bridgehead atoms. The summed E-state index contributed by atoms with van der Waals surface area (Å²) in [5.41, 5.74) is 4.73. The molecule has 0 radical (unpaired) electrons. The van der Waals surface area contributed by atoms with E-state index in [9.17, 15) is 24.6 Å². The van der Waals surface area contributed by atoms with Gasteiger partial charge in [-0.3, -0.25) is 9.59 Å². The smallest absolute Gasteiger partial charge is 0.324 e. The Kier molecular flexibility index (Phi) is 4.03. The molecule has 3 rings (SSSR count). The average Bonchev–Trinajstić information content (AvgIpc) is 3.24. The molecule has 5 atom stereocenters. The maximum Gasteiger partial charge on any atom is 0.324 e. The predicted octanol–water partition coefficient (Wildman–Crippen LogP) is 0.318. The first-order valence-electron chi connectivity index (χ1n) is 7.75. The van der Waals surface area contributed by atoms with Crippen molar-refractivity contribution in [2.45, 2.75) is 18.0 Å². The second-order valence-corrected chi connectivity index (χ2v) is 6.42. The summed E-state index contributed by atoms with van der Waals surface area (Å²) in [7, 11) is 1.47. The molecule has 1 aromatic carbocycles. The third kappa shape index (κ3) is 2.76.